The monoisotopic (exact) mass is 354 g/mol. The number of nitrogens with zero attached hydrogens (tertiary/aromatic N) is 2. The van der Waals surface area contributed by atoms with Gasteiger partial charge in [-0.25, -0.2) is 5.43 Å². The van der Waals surface area contributed by atoms with Gasteiger partial charge in [-0.15, -0.1) is 0 Å². The van der Waals surface area contributed by atoms with Gasteiger partial charge >= 0.3 is 0 Å². The van der Waals surface area contributed by atoms with E-state index in [0.717, 1.165) is 0 Å². The zero-order valence-corrected chi connectivity index (χ0v) is 14.0. The quantitative estimate of drug-likeness (QED) is 0.459. The lowest BCUT2D eigenvalue weighted by atomic mass is 10.1. The topological polar surface area (TPSA) is 125 Å². The van der Waals surface area contributed by atoms with Crippen LogP contribution >= 0.6 is 0 Å². The first-order valence-electron chi connectivity index (χ1n) is 7.75. The number of benzene rings is 2. The Hall–Kier alpha value is -3.55. The lowest BCUT2D eigenvalue weighted by Gasteiger charge is -2.08. The summed E-state index contributed by atoms with van der Waals surface area (Å²) in [7, 11) is 0. The molecule has 0 heterocycles. The number of amides is 1. The maximum Gasteiger partial charge on any atom is 0.273 e. The molecule has 1 N–H and O–H groups in total. The van der Waals surface area contributed by atoms with Crippen molar-refractivity contribution in [3.63, 3.8) is 0 Å². The number of carboxylic acid groups (broad SMARTS) is 1. The molecule has 0 fully saturated rings. The molecule has 0 spiro atoms. The molecule has 8 nitrogen and oxygen atoms in total. The van der Waals surface area contributed by atoms with Crippen molar-refractivity contribution in [1.29, 1.82) is 0 Å². The van der Waals surface area contributed by atoms with E-state index in [4.69, 9.17) is 0 Å². The van der Waals surface area contributed by atoms with Crippen molar-refractivity contribution in [2.24, 2.45) is 5.10 Å². The molecular weight excluding hydrogens is 338 g/mol. The lowest BCUT2D eigenvalue weighted by molar-refractivity contribution is -0.385. The zero-order chi connectivity index (χ0) is 19.1. The van der Waals surface area contributed by atoms with Gasteiger partial charge in [-0.3, -0.25) is 14.9 Å². The molecule has 0 aliphatic rings. The van der Waals surface area contributed by atoms with Gasteiger partial charge in [-0.1, -0.05) is 36.4 Å². The molecule has 0 saturated carbocycles. The molecule has 0 atom stereocenters. The van der Waals surface area contributed by atoms with Crippen molar-refractivity contribution in [3.8, 4) is 0 Å². The van der Waals surface area contributed by atoms with Crippen LogP contribution in [0.4, 0.5) is 5.69 Å². The number of carboxylic acids is 1. The normalized spacial score (nSPS) is 11.0. The minimum absolute atomic E-state index is 0.0701. The largest absolute Gasteiger partial charge is 0.550 e. The molecule has 2 rings (SSSR count). The molecule has 1 amide bonds. The van der Waals surface area contributed by atoms with Crippen LogP contribution in [0, 0.1) is 17.0 Å². The van der Waals surface area contributed by atoms with E-state index in [1.165, 1.54) is 18.2 Å². The van der Waals surface area contributed by atoms with E-state index >= 15 is 0 Å². The molecule has 134 valence electrons. The molecule has 2 aromatic carbocycles. The van der Waals surface area contributed by atoms with Gasteiger partial charge in [0.1, 0.15) is 0 Å². The van der Waals surface area contributed by atoms with Gasteiger partial charge in [0.2, 0.25) is 0 Å². The highest BCUT2D eigenvalue weighted by atomic mass is 16.6. The fraction of sp³-hybridized carbons (Fsp3) is 0.167. The minimum Gasteiger partial charge on any atom is -0.550 e. The summed E-state index contributed by atoms with van der Waals surface area (Å²) in [5.74, 6) is -1.86. The van der Waals surface area contributed by atoms with E-state index in [1.54, 1.807) is 37.3 Å². The number of carbonyl (C=O) groups is 2. The standard InChI is InChI=1S/C18H17N3O5/c1-12-7-8-14(11-16(12)21(25)26)18(24)20-19-15(9-10-17(22)23)13-5-3-2-4-6-13/h2-8,11H,9-10H2,1H3,(H,20,24)(H,22,23)/p-1/b19-15-. The highest BCUT2D eigenvalue weighted by Gasteiger charge is 2.15. The van der Waals surface area contributed by atoms with Crippen molar-refractivity contribution in [3.05, 3.63) is 75.3 Å². The SMILES string of the molecule is Cc1ccc(C(=O)N/N=C(/CCC(=O)[O-])c2ccccc2)cc1[N+](=O)[O-]. The van der Waals surface area contributed by atoms with Gasteiger partial charge in [-0.2, -0.15) is 5.10 Å². The lowest BCUT2D eigenvalue weighted by Crippen LogP contribution is -2.24. The van der Waals surface area contributed by atoms with Crippen LogP contribution in [0.5, 0.6) is 0 Å². The van der Waals surface area contributed by atoms with Crippen LogP contribution in [-0.2, 0) is 4.79 Å². The second kappa shape index (κ2) is 8.52. The zero-order valence-electron chi connectivity index (χ0n) is 14.0. The number of carbonyl (C=O) groups excluding carboxylic acids is 2. The van der Waals surface area contributed by atoms with Gasteiger partial charge < -0.3 is 9.90 Å². The Bertz CT molecular complexity index is 862. The molecule has 26 heavy (non-hydrogen) atoms. The van der Waals surface area contributed by atoms with Crippen LogP contribution in [0.2, 0.25) is 0 Å². The first kappa shape index (κ1) is 18.8. The summed E-state index contributed by atoms with van der Waals surface area (Å²) < 4.78 is 0. The predicted molar refractivity (Wildman–Crippen MR) is 92.5 cm³/mol. The Balaban J connectivity index is 2.23. The number of aliphatic carboxylic acids is 1. The van der Waals surface area contributed by atoms with Gasteiger partial charge in [0, 0.05) is 23.2 Å². The van der Waals surface area contributed by atoms with Crippen LogP contribution < -0.4 is 10.5 Å². The Labute approximate surface area is 149 Å². The third kappa shape index (κ3) is 4.97. The number of hydrogen-bond donors (Lipinski definition) is 1. The molecule has 0 saturated heterocycles. The summed E-state index contributed by atoms with van der Waals surface area (Å²) in [6.45, 7) is 1.57. The van der Waals surface area contributed by atoms with E-state index in [-0.39, 0.29) is 24.1 Å². The fourth-order valence-corrected chi connectivity index (χ4v) is 2.25. The van der Waals surface area contributed by atoms with Crippen LogP contribution in [0.25, 0.3) is 0 Å². The van der Waals surface area contributed by atoms with Crippen LogP contribution in [-0.4, -0.2) is 22.5 Å². The predicted octanol–water partition coefficient (Wildman–Crippen LogP) is 1.57. The Kier molecular flexibility index (Phi) is 6.15. The van der Waals surface area contributed by atoms with Crippen LogP contribution in [0.15, 0.2) is 53.6 Å². The van der Waals surface area contributed by atoms with E-state index in [9.17, 15) is 24.8 Å². The molecular formula is C18H16N3O5-. The minimum atomic E-state index is -1.23. The van der Waals surface area contributed by atoms with Crippen molar-refractivity contribution in [2.75, 3.05) is 0 Å². The molecule has 0 aliphatic heterocycles. The van der Waals surface area contributed by atoms with Gasteiger partial charge in [0.05, 0.1) is 10.6 Å². The number of rotatable bonds is 7. The number of hydrazone groups is 1. The second-order valence-corrected chi connectivity index (χ2v) is 5.50. The summed E-state index contributed by atoms with van der Waals surface area (Å²) in [5, 5.41) is 25.7. The summed E-state index contributed by atoms with van der Waals surface area (Å²) in [5.41, 5.74) is 3.70. The van der Waals surface area contributed by atoms with Gasteiger partial charge in [0.25, 0.3) is 11.6 Å². The smallest absolute Gasteiger partial charge is 0.273 e. The van der Waals surface area contributed by atoms with E-state index in [2.05, 4.69) is 10.5 Å². The summed E-state index contributed by atoms with van der Waals surface area (Å²) in [6.07, 6.45) is -0.180. The number of nitro benzene ring substituents is 1. The molecule has 8 heteroatoms. The molecule has 0 radical (unpaired) electrons. The average Bonchev–Trinajstić information content (AvgIpc) is 2.62. The van der Waals surface area contributed by atoms with Crippen LogP contribution in [0.1, 0.15) is 34.3 Å². The Morgan fingerprint density at radius 1 is 1.08 bits per heavy atom. The maximum atomic E-state index is 12.2. The highest BCUT2D eigenvalue weighted by Crippen LogP contribution is 2.19. The molecule has 0 aliphatic carbocycles. The molecule has 0 unspecified atom stereocenters. The second-order valence-electron chi connectivity index (χ2n) is 5.50. The van der Waals surface area contributed by atoms with Crippen molar-refractivity contribution < 1.29 is 19.6 Å². The van der Waals surface area contributed by atoms with E-state index in [1.807, 2.05) is 0 Å². The summed E-state index contributed by atoms with van der Waals surface area (Å²) in [4.78, 5) is 33.4. The number of nitro groups is 1. The van der Waals surface area contributed by atoms with Crippen molar-refractivity contribution in [1.82, 2.24) is 5.43 Å². The average molecular weight is 354 g/mol. The number of aryl methyl sites for hydroxylation is 1. The summed E-state index contributed by atoms with van der Waals surface area (Å²) >= 11 is 0. The third-order valence-electron chi connectivity index (χ3n) is 3.63. The first-order chi connectivity index (χ1) is 12.4. The number of hydrogen-bond acceptors (Lipinski definition) is 6. The van der Waals surface area contributed by atoms with Gasteiger partial charge in [0.15, 0.2) is 0 Å². The molecule has 2 aromatic rings. The van der Waals surface area contributed by atoms with Crippen molar-refractivity contribution >= 4 is 23.3 Å². The molecule has 0 bridgehead atoms. The Morgan fingerprint density at radius 3 is 2.38 bits per heavy atom. The van der Waals surface area contributed by atoms with Crippen LogP contribution in [0.3, 0.4) is 0 Å². The Morgan fingerprint density at radius 2 is 1.77 bits per heavy atom. The number of nitrogens with one attached hydrogen (secondary N) is 1. The highest BCUT2D eigenvalue weighted by molar-refractivity contribution is 6.03. The maximum absolute atomic E-state index is 12.2. The first-order valence-corrected chi connectivity index (χ1v) is 7.75. The van der Waals surface area contributed by atoms with Crippen molar-refractivity contribution in [2.45, 2.75) is 19.8 Å². The fourth-order valence-electron chi connectivity index (χ4n) is 2.25. The summed E-state index contributed by atoms with van der Waals surface area (Å²) in [6, 6.07) is 12.9. The van der Waals surface area contributed by atoms with E-state index < -0.39 is 16.8 Å². The van der Waals surface area contributed by atoms with Gasteiger partial charge in [-0.05, 0) is 31.4 Å². The molecule has 0 aromatic heterocycles. The van der Waals surface area contributed by atoms with E-state index in [0.29, 0.717) is 16.8 Å². The third-order valence-corrected chi connectivity index (χ3v) is 3.63.